The van der Waals surface area contributed by atoms with Crippen LogP contribution >= 0.6 is 0 Å². The van der Waals surface area contributed by atoms with E-state index in [1.807, 2.05) is 0 Å². The molecule has 2 bridgehead atoms. The highest BCUT2D eigenvalue weighted by Gasteiger charge is 2.27. The Morgan fingerprint density at radius 2 is 1.59 bits per heavy atom. The molecule has 266 valence electrons. The standard InChI is InChI=1S/C33H48N10O6/c34-12-3-1-8-24-30(47)38-13-4-2-9-25(43-33(36)37)31(48)40-19-29(46)39-18-22-7-5-6-20(14-22)17-28(45)41-26(32(49)42-24)16-21-10-11-27(44)23(35)15-21/h5-7,10-11,14-15,24-26,44H,1-4,8-9,12-13,16-19,34-35H2,(H,38,47)(H,39,46)(H,40,48)(H,41,45)(H,42,49)(H4,36,37,43)/t24-,25+,26-/m0/s1. The van der Waals surface area contributed by atoms with Crippen LogP contribution in [-0.2, 0) is 43.4 Å². The first-order valence-electron chi connectivity index (χ1n) is 16.3. The third-order valence-electron chi connectivity index (χ3n) is 7.84. The Morgan fingerprint density at radius 1 is 0.816 bits per heavy atom. The third-order valence-corrected chi connectivity index (χ3v) is 7.84. The number of aliphatic imine (C=N–C) groups is 1. The molecule has 2 aromatic rings. The highest BCUT2D eigenvalue weighted by Crippen LogP contribution is 2.21. The van der Waals surface area contributed by atoms with Gasteiger partial charge >= 0.3 is 0 Å². The Balaban J connectivity index is 1.87. The van der Waals surface area contributed by atoms with E-state index in [0.717, 1.165) is 0 Å². The molecule has 14 N–H and O–H groups in total. The number of fused-ring (bicyclic) bond motifs is 2. The van der Waals surface area contributed by atoms with E-state index in [0.29, 0.717) is 55.3 Å². The summed E-state index contributed by atoms with van der Waals surface area (Å²) in [6.07, 6.45) is 2.68. The first kappa shape index (κ1) is 38.1. The van der Waals surface area contributed by atoms with Gasteiger partial charge in [0.05, 0.1) is 18.7 Å². The second kappa shape index (κ2) is 19.4. The molecule has 0 spiro atoms. The molecular formula is C33H48N10O6. The maximum Gasteiger partial charge on any atom is 0.245 e. The van der Waals surface area contributed by atoms with Gasteiger partial charge in [0.2, 0.25) is 29.5 Å². The number of aromatic hydroxyl groups is 1. The molecule has 0 saturated carbocycles. The van der Waals surface area contributed by atoms with Crippen molar-refractivity contribution >= 4 is 41.2 Å². The van der Waals surface area contributed by atoms with Gasteiger partial charge in [-0.15, -0.1) is 0 Å². The number of carbonyl (C=O) groups is 5. The fourth-order valence-corrected chi connectivity index (χ4v) is 5.27. The lowest BCUT2D eigenvalue weighted by Gasteiger charge is -2.24. The Morgan fingerprint density at radius 3 is 2.33 bits per heavy atom. The largest absolute Gasteiger partial charge is 0.506 e. The van der Waals surface area contributed by atoms with Crippen molar-refractivity contribution in [2.45, 2.75) is 76.0 Å². The molecule has 0 fully saturated rings. The fourth-order valence-electron chi connectivity index (χ4n) is 5.27. The average molecular weight is 681 g/mol. The summed E-state index contributed by atoms with van der Waals surface area (Å²) in [7, 11) is 0. The number of phenols is 1. The molecule has 16 nitrogen and oxygen atoms in total. The van der Waals surface area contributed by atoms with Crippen LogP contribution in [0.4, 0.5) is 5.69 Å². The number of nitrogens with zero attached hydrogens (tertiary/aromatic N) is 1. The van der Waals surface area contributed by atoms with Crippen LogP contribution in [0.5, 0.6) is 5.75 Å². The van der Waals surface area contributed by atoms with Crippen LogP contribution in [0.25, 0.3) is 0 Å². The molecule has 1 aliphatic heterocycles. The van der Waals surface area contributed by atoms with Crippen molar-refractivity contribution in [1.82, 2.24) is 26.6 Å². The van der Waals surface area contributed by atoms with Gasteiger partial charge in [-0.3, -0.25) is 24.0 Å². The predicted molar refractivity (Wildman–Crippen MR) is 184 cm³/mol. The van der Waals surface area contributed by atoms with Crippen molar-refractivity contribution in [3.05, 3.63) is 59.2 Å². The molecule has 1 aliphatic rings. The minimum atomic E-state index is -1.08. The smallest absolute Gasteiger partial charge is 0.245 e. The number of anilines is 1. The van der Waals surface area contributed by atoms with Crippen LogP contribution in [0.15, 0.2) is 47.5 Å². The number of carbonyl (C=O) groups excluding carboxylic acids is 5. The molecule has 0 saturated heterocycles. The van der Waals surface area contributed by atoms with Gasteiger partial charge < -0.3 is 54.6 Å². The van der Waals surface area contributed by atoms with E-state index in [1.54, 1.807) is 30.3 Å². The SMILES string of the molecule is NCCCC[C@@H]1NC(=O)[C@H](Cc2ccc(O)c(N)c2)NC(=O)Cc2cccc(c2)CNC(=O)CNC(=O)[C@H](N=C(N)N)CCCCNC1=O. The van der Waals surface area contributed by atoms with E-state index in [1.165, 1.54) is 12.1 Å². The van der Waals surface area contributed by atoms with Crippen LogP contribution in [0.2, 0.25) is 0 Å². The zero-order valence-electron chi connectivity index (χ0n) is 27.5. The lowest BCUT2D eigenvalue weighted by atomic mass is 10.0. The van der Waals surface area contributed by atoms with Crippen molar-refractivity contribution in [1.29, 1.82) is 0 Å². The number of hydrogen-bond donors (Lipinski definition) is 10. The maximum absolute atomic E-state index is 13.7. The van der Waals surface area contributed by atoms with Crippen molar-refractivity contribution in [2.24, 2.45) is 22.2 Å². The Labute approximate surface area is 285 Å². The number of nitrogen functional groups attached to an aromatic ring is 1. The van der Waals surface area contributed by atoms with Gasteiger partial charge in [0.25, 0.3) is 0 Å². The van der Waals surface area contributed by atoms with Gasteiger partial charge in [0.15, 0.2) is 5.96 Å². The summed E-state index contributed by atoms with van der Waals surface area (Å²) in [5.74, 6) is -2.78. The quantitative estimate of drug-likeness (QED) is 0.0533. The summed E-state index contributed by atoms with van der Waals surface area (Å²) in [6, 6.07) is 8.60. The summed E-state index contributed by atoms with van der Waals surface area (Å²) < 4.78 is 0. The summed E-state index contributed by atoms with van der Waals surface area (Å²) in [4.78, 5) is 69.6. The van der Waals surface area contributed by atoms with E-state index >= 15 is 0 Å². The molecule has 3 atom stereocenters. The number of rotatable bonds is 7. The second-order valence-corrected chi connectivity index (χ2v) is 11.9. The number of nitrogens with two attached hydrogens (primary N) is 4. The third kappa shape index (κ3) is 13.3. The Kier molecular flexibility index (Phi) is 15.1. The number of unbranched alkanes of at least 4 members (excludes halogenated alkanes) is 1. The molecule has 0 aromatic heterocycles. The van der Waals surface area contributed by atoms with Crippen LogP contribution in [0, 0.1) is 0 Å². The van der Waals surface area contributed by atoms with Crippen molar-refractivity contribution in [3.8, 4) is 5.75 Å². The summed E-state index contributed by atoms with van der Waals surface area (Å²) in [6.45, 7) is 0.501. The van der Waals surface area contributed by atoms with Crippen molar-refractivity contribution in [3.63, 3.8) is 0 Å². The second-order valence-electron chi connectivity index (χ2n) is 11.9. The number of amides is 5. The lowest BCUT2D eigenvalue weighted by Crippen LogP contribution is -2.54. The van der Waals surface area contributed by atoms with Gasteiger partial charge in [0, 0.05) is 19.5 Å². The van der Waals surface area contributed by atoms with Gasteiger partial charge in [-0.25, -0.2) is 4.99 Å². The van der Waals surface area contributed by atoms with E-state index in [-0.39, 0.29) is 56.3 Å². The van der Waals surface area contributed by atoms with E-state index in [2.05, 4.69) is 31.6 Å². The average Bonchev–Trinajstić information content (AvgIpc) is 3.05. The van der Waals surface area contributed by atoms with Crippen LogP contribution < -0.4 is 49.5 Å². The van der Waals surface area contributed by atoms with Gasteiger partial charge in [0.1, 0.15) is 23.9 Å². The molecule has 1 heterocycles. The van der Waals surface area contributed by atoms with E-state index in [9.17, 15) is 29.1 Å². The molecule has 5 amide bonds. The van der Waals surface area contributed by atoms with Crippen LogP contribution in [-0.4, -0.2) is 78.4 Å². The van der Waals surface area contributed by atoms with Crippen molar-refractivity contribution < 1.29 is 29.1 Å². The topological polar surface area (TPSA) is 282 Å². The number of hydrogen-bond acceptors (Lipinski definition) is 9. The number of nitrogens with one attached hydrogen (secondary N) is 5. The van der Waals surface area contributed by atoms with Crippen LogP contribution in [0.3, 0.4) is 0 Å². The minimum absolute atomic E-state index is 0.0367. The normalized spacial score (nSPS) is 20.5. The highest BCUT2D eigenvalue weighted by atomic mass is 16.3. The summed E-state index contributed by atoms with van der Waals surface area (Å²) in [5.41, 5.74) is 24.7. The van der Waals surface area contributed by atoms with E-state index < -0.39 is 47.7 Å². The molecule has 0 unspecified atom stereocenters. The molecule has 3 rings (SSSR count). The van der Waals surface area contributed by atoms with Gasteiger partial charge in [-0.05, 0) is 73.9 Å². The molecule has 0 radical (unpaired) electrons. The van der Waals surface area contributed by atoms with Gasteiger partial charge in [-0.2, -0.15) is 0 Å². The van der Waals surface area contributed by atoms with Gasteiger partial charge in [-0.1, -0.05) is 30.3 Å². The Bertz CT molecular complexity index is 1500. The minimum Gasteiger partial charge on any atom is -0.506 e. The molecule has 2 aromatic carbocycles. The number of benzene rings is 2. The number of guanidine groups is 1. The highest BCUT2D eigenvalue weighted by molar-refractivity contribution is 5.93. The first-order valence-corrected chi connectivity index (χ1v) is 16.3. The van der Waals surface area contributed by atoms with E-state index in [4.69, 9.17) is 22.9 Å². The predicted octanol–water partition coefficient (Wildman–Crippen LogP) is -1.47. The fraction of sp³-hybridized carbons (Fsp3) is 0.455. The molecule has 49 heavy (non-hydrogen) atoms. The number of phenolic OH excluding ortho intramolecular Hbond substituents is 1. The zero-order chi connectivity index (χ0) is 35.8. The molecular weight excluding hydrogens is 632 g/mol. The lowest BCUT2D eigenvalue weighted by molar-refractivity contribution is -0.132. The summed E-state index contributed by atoms with van der Waals surface area (Å²) in [5, 5.41) is 23.6. The van der Waals surface area contributed by atoms with Crippen molar-refractivity contribution in [2.75, 3.05) is 25.4 Å². The zero-order valence-corrected chi connectivity index (χ0v) is 27.5. The Hall–Kier alpha value is -5.38. The first-order chi connectivity index (χ1) is 23.4. The maximum atomic E-state index is 13.7. The molecule has 0 aliphatic carbocycles. The summed E-state index contributed by atoms with van der Waals surface area (Å²) >= 11 is 0. The van der Waals surface area contributed by atoms with Crippen LogP contribution in [0.1, 0.15) is 55.2 Å². The molecule has 16 heteroatoms. The monoisotopic (exact) mass is 680 g/mol.